The minimum absolute atomic E-state index is 1.01. The van der Waals surface area contributed by atoms with Gasteiger partial charge in [-0.05, 0) is 30.6 Å². The number of hydrogen-bond donors (Lipinski definition) is 0. The van der Waals surface area contributed by atoms with E-state index in [4.69, 9.17) is 0 Å². The normalized spacial score (nSPS) is 13.1. The first kappa shape index (κ1) is 18.3. The van der Waals surface area contributed by atoms with Crippen molar-refractivity contribution in [2.45, 2.75) is 91.3 Å². The third-order valence-electron chi connectivity index (χ3n) is 2.89. The fourth-order valence-corrected chi connectivity index (χ4v) is 6.12. The van der Waals surface area contributed by atoms with E-state index >= 15 is 0 Å². The first-order chi connectivity index (χ1) is 8.49. The third-order valence-corrected chi connectivity index (χ3v) is 6.76. The van der Waals surface area contributed by atoms with Gasteiger partial charge in [0.15, 0.2) is 0 Å². The van der Waals surface area contributed by atoms with Gasteiger partial charge in [0, 0.05) is 0 Å². The van der Waals surface area contributed by atoms with Gasteiger partial charge in [-0.3, -0.25) is 0 Å². The van der Waals surface area contributed by atoms with Gasteiger partial charge in [0.1, 0.15) is 7.22 Å². The number of rotatable bonds is 11. The minimum atomic E-state index is -1.01. The molecule has 0 amide bonds. The minimum Gasteiger partial charge on any atom is -0.156 e. The second kappa shape index (κ2) is 11.2. The molecule has 0 aromatic heterocycles. The van der Waals surface area contributed by atoms with Crippen molar-refractivity contribution in [3.05, 3.63) is 11.0 Å². The zero-order valence-electron chi connectivity index (χ0n) is 13.3. The van der Waals surface area contributed by atoms with Gasteiger partial charge >= 0.3 is 0 Å². The molecule has 0 aliphatic carbocycles. The van der Waals surface area contributed by atoms with Crippen molar-refractivity contribution in [1.82, 2.24) is 0 Å². The third kappa shape index (κ3) is 12.8. The van der Waals surface area contributed by atoms with Crippen LogP contribution in [0.4, 0.5) is 0 Å². The van der Waals surface area contributed by atoms with E-state index in [1.54, 1.807) is 4.91 Å². The van der Waals surface area contributed by atoms with E-state index in [1.807, 2.05) is 0 Å². The van der Waals surface area contributed by atoms with E-state index in [2.05, 4.69) is 50.8 Å². The Kier molecular flexibility index (Phi) is 11.4. The van der Waals surface area contributed by atoms with Crippen LogP contribution in [0.3, 0.4) is 0 Å². The van der Waals surface area contributed by atoms with Crippen molar-refractivity contribution in [3.8, 4) is 0 Å². The van der Waals surface area contributed by atoms with Crippen LogP contribution in [-0.4, -0.2) is 7.22 Å². The van der Waals surface area contributed by atoms with Gasteiger partial charge < -0.3 is 0 Å². The van der Waals surface area contributed by atoms with Crippen LogP contribution >= 0.6 is 11.2 Å². The molecule has 0 aliphatic rings. The summed E-state index contributed by atoms with van der Waals surface area (Å²) in [7, 11) is -1.01. The fourth-order valence-electron chi connectivity index (χ4n) is 1.97. The molecule has 0 spiro atoms. The van der Waals surface area contributed by atoms with E-state index < -0.39 is 7.22 Å². The highest BCUT2D eigenvalue weighted by molar-refractivity contribution is 8.31. The lowest BCUT2D eigenvalue weighted by Gasteiger charge is -2.18. The summed E-state index contributed by atoms with van der Waals surface area (Å²) in [6.07, 6.45) is 14.8. The number of allylic oxidation sites excluding steroid dienone is 2. The van der Waals surface area contributed by atoms with Gasteiger partial charge in [0.2, 0.25) is 0 Å². The molecule has 0 nitrogen and oxygen atoms in total. The molecule has 0 aromatic carbocycles. The molecule has 18 heavy (non-hydrogen) atoms. The van der Waals surface area contributed by atoms with Gasteiger partial charge in [-0.15, -0.1) is 0 Å². The van der Waals surface area contributed by atoms with Crippen LogP contribution in [0.25, 0.3) is 0 Å². The summed E-state index contributed by atoms with van der Waals surface area (Å²) in [5, 5.41) is 0. The molecule has 0 heterocycles. The maximum absolute atomic E-state index is 2.55. The Balaban J connectivity index is 4.07. The zero-order chi connectivity index (χ0) is 13.9. The first-order valence-corrected chi connectivity index (χ1v) is 12.9. The standard InChI is InChI=1S/C16H34SSi/c1-6-8-10-12-14-16(17-18(3,4)5)15-13-11-9-7-2/h14H,6-13,15H2,1-5H3/b16-14-. The van der Waals surface area contributed by atoms with Crippen molar-refractivity contribution in [1.29, 1.82) is 0 Å². The van der Waals surface area contributed by atoms with Crippen LogP contribution in [0, 0.1) is 0 Å². The molecule has 0 atom stereocenters. The van der Waals surface area contributed by atoms with E-state index in [-0.39, 0.29) is 0 Å². The monoisotopic (exact) mass is 286 g/mol. The Labute approximate surface area is 121 Å². The molecule has 0 fully saturated rings. The molecule has 0 radical (unpaired) electrons. The van der Waals surface area contributed by atoms with Crippen LogP contribution in [0.5, 0.6) is 0 Å². The maximum atomic E-state index is 2.55. The molecule has 0 N–H and O–H groups in total. The lowest BCUT2D eigenvalue weighted by molar-refractivity contribution is 0.670. The molecule has 0 rings (SSSR count). The largest absolute Gasteiger partial charge is 0.156 e. The summed E-state index contributed by atoms with van der Waals surface area (Å²) >= 11 is 2.22. The zero-order valence-corrected chi connectivity index (χ0v) is 15.2. The van der Waals surface area contributed by atoms with E-state index in [9.17, 15) is 0 Å². The molecule has 0 aliphatic heterocycles. The summed E-state index contributed by atoms with van der Waals surface area (Å²) in [6, 6.07) is 0. The van der Waals surface area contributed by atoms with Crippen molar-refractivity contribution >= 4 is 18.4 Å². The SMILES string of the molecule is CCCCC/C=C(/CCCCCC)S[Si](C)(C)C. The van der Waals surface area contributed by atoms with Gasteiger partial charge in [-0.2, -0.15) is 11.2 Å². The van der Waals surface area contributed by atoms with Crippen LogP contribution in [0.1, 0.15) is 71.6 Å². The maximum Gasteiger partial charge on any atom is 0.114 e. The van der Waals surface area contributed by atoms with E-state index in [0.717, 1.165) is 0 Å². The molecule has 0 unspecified atom stereocenters. The second-order valence-electron chi connectivity index (χ2n) is 6.19. The predicted octanol–water partition coefficient (Wildman–Crippen LogP) is 6.99. The Morgan fingerprint density at radius 3 is 2.06 bits per heavy atom. The van der Waals surface area contributed by atoms with Crippen molar-refractivity contribution in [2.24, 2.45) is 0 Å². The van der Waals surface area contributed by atoms with Gasteiger partial charge in [0.25, 0.3) is 0 Å². The summed E-state index contributed by atoms with van der Waals surface area (Å²) in [4.78, 5) is 1.70. The lowest BCUT2D eigenvalue weighted by atomic mass is 10.1. The molecule has 0 aromatic rings. The van der Waals surface area contributed by atoms with E-state index in [1.165, 1.54) is 57.8 Å². The molecule has 0 saturated carbocycles. The number of unbranched alkanes of at least 4 members (excludes halogenated alkanes) is 6. The van der Waals surface area contributed by atoms with E-state index in [0.29, 0.717) is 0 Å². The summed E-state index contributed by atoms with van der Waals surface area (Å²) in [6.45, 7) is 12.0. The highest BCUT2D eigenvalue weighted by Gasteiger charge is 2.16. The molecular formula is C16H34SSi. The number of hydrogen-bond acceptors (Lipinski definition) is 1. The molecule has 0 bridgehead atoms. The fraction of sp³-hybridized carbons (Fsp3) is 0.875. The Morgan fingerprint density at radius 2 is 1.50 bits per heavy atom. The quantitative estimate of drug-likeness (QED) is 0.291. The van der Waals surface area contributed by atoms with Crippen LogP contribution in [-0.2, 0) is 0 Å². The smallest absolute Gasteiger partial charge is 0.114 e. The Morgan fingerprint density at radius 1 is 0.889 bits per heavy atom. The summed E-state index contributed by atoms with van der Waals surface area (Å²) in [5.41, 5.74) is 0. The van der Waals surface area contributed by atoms with Crippen LogP contribution in [0.2, 0.25) is 19.6 Å². The van der Waals surface area contributed by atoms with Gasteiger partial charge in [0.05, 0.1) is 0 Å². The lowest BCUT2D eigenvalue weighted by Crippen LogP contribution is -2.14. The average Bonchev–Trinajstić information content (AvgIpc) is 2.28. The van der Waals surface area contributed by atoms with Gasteiger partial charge in [-0.25, -0.2) is 0 Å². The average molecular weight is 287 g/mol. The Hall–Kier alpha value is 0.307. The van der Waals surface area contributed by atoms with Crippen LogP contribution in [0.15, 0.2) is 11.0 Å². The highest BCUT2D eigenvalue weighted by Crippen LogP contribution is 2.32. The van der Waals surface area contributed by atoms with Gasteiger partial charge in [-0.1, -0.05) is 71.7 Å². The molecule has 2 heteroatoms. The highest BCUT2D eigenvalue weighted by atomic mass is 32.4. The summed E-state index contributed by atoms with van der Waals surface area (Å²) < 4.78 is 0. The molecular weight excluding hydrogens is 252 g/mol. The first-order valence-electron chi connectivity index (χ1n) is 7.87. The second-order valence-corrected chi connectivity index (χ2v) is 15.4. The molecule has 0 saturated heterocycles. The van der Waals surface area contributed by atoms with Crippen molar-refractivity contribution in [2.75, 3.05) is 0 Å². The molecule has 108 valence electrons. The Bertz CT molecular complexity index is 216. The van der Waals surface area contributed by atoms with Crippen molar-refractivity contribution < 1.29 is 0 Å². The van der Waals surface area contributed by atoms with Crippen LogP contribution < -0.4 is 0 Å². The topological polar surface area (TPSA) is 0 Å². The van der Waals surface area contributed by atoms with Crippen molar-refractivity contribution in [3.63, 3.8) is 0 Å². The summed E-state index contributed by atoms with van der Waals surface area (Å²) in [5.74, 6) is 0. The predicted molar refractivity (Wildman–Crippen MR) is 91.9 cm³/mol.